The van der Waals surface area contributed by atoms with E-state index in [1.807, 2.05) is 23.1 Å². The molecule has 0 spiro atoms. The fourth-order valence-corrected chi connectivity index (χ4v) is 6.79. The van der Waals surface area contributed by atoms with E-state index in [4.69, 9.17) is 0 Å². The van der Waals surface area contributed by atoms with Gasteiger partial charge in [0, 0.05) is 18.3 Å². The highest BCUT2D eigenvalue weighted by molar-refractivity contribution is 5.97. The van der Waals surface area contributed by atoms with Crippen LogP contribution in [0.2, 0.25) is 0 Å². The molecule has 4 aliphatic carbocycles. The highest BCUT2D eigenvalue weighted by Crippen LogP contribution is 2.55. The maximum absolute atomic E-state index is 12.9. The van der Waals surface area contributed by atoms with E-state index in [0.717, 1.165) is 62.1 Å². The molecule has 6 rings (SSSR count). The van der Waals surface area contributed by atoms with Gasteiger partial charge in [0.2, 0.25) is 11.8 Å². The Morgan fingerprint density at radius 3 is 2.44 bits per heavy atom. The van der Waals surface area contributed by atoms with Crippen molar-refractivity contribution in [1.82, 2.24) is 15.2 Å². The summed E-state index contributed by atoms with van der Waals surface area (Å²) in [4.78, 5) is 31.9. The lowest BCUT2D eigenvalue weighted by Gasteiger charge is -2.56. The van der Waals surface area contributed by atoms with Crippen molar-refractivity contribution < 1.29 is 9.59 Å². The number of amides is 2. The maximum atomic E-state index is 12.9. The molecule has 0 aromatic carbocycles. The average molecular weight is 367 g/mol. The summed E-state index contributed by atoms with van der Waals surface area (Å²) < 4.78 is 0. The summed E-state index contributed by atoms with van der Waals surface area (Å²) in [5, 5.41) is 3.33. The molecule has 1 unspecified atom stereocenters. The van der Waals surface area contributed by atoms with Gasteiger partial charge in [-0.15, -0.1) is 0 Å². The van der Waals surface area contributed by atoms with Crippen molar-refractivity contribution in [3.05, 3.63) is 30.1 Å². The van der Waals surface area contributed by atoms with Crippen LogP contribution in [-0.4, -0.2) is 33.8 Å². The van der Waals surface area contributed by atoms with E-state index < -0.39 is 0 Å². The molecule has 5 aliphatic rings. The zero-order chi connectivity index (χ0) is 18.4. The first-order chi connectivity index (χ1) is 13.1. The topological polar surface area (TPSA) is 62.3 Å². The largest absolute Gasteiger partial charge is 0.350 e. The number of carbonyl (C=O) groups excluding carboxylic acids is 2. The van der Waals surface area contributed by atoms with E-state index in [9.17, 15) is 9.59 Å². The van der Waals surface area contributed by atoms with Crippen LogP contribution in [0.25, 0.3) is 0 Å². The van der Waals surface area contributed by atoms with Crippen LogP contribution in [0, 0.1) is 17.8 Å². The van der Waals surface area contributed by atoms with Crippen LogP contribution in [0.1, 0.15) is 69.5 Å². The number of rotatable bonds is 4. The minimum absolute atomic E-state index is 0.0164. The monoisotopic (exact) mass is 367 g/mol. The summed E-state index contributed by atoms with van der Waals surface area (Å²) in [5.74, 6) is 2.25. The van der Waals surface area contributed by atoms with Crippen molar-refractivity contribution in [3.8, 4) is 0 Å². The van der Waals surface area contributed by atoms with Crippen LogP contribution in [0.4, 0.5) is 0 Å². The first-order valence-corrected chi connectivity index (χ1v) is 10.6. The standard InChI is InChI=1S/C22H29N3O2/c26-20(24-22-12-15-8-16(13-22)10-17(9-15)14-22)11-21(27)25-7-3-5-19(25)18-4-1-2-6-23-18/h1-2,4,6,15-17,19H,3,5,7-14H2,(H,24,26). The molecule has 5 fully saturated rings. The van der Waals surface area contributed by atoms with Crippen molar-refractivity contribution in [2.24, 2.45) is 17.8 Å². The number of pyridine rings is 1. The summed E-state index contributed by atoms with van der Waals surface area (Å²) in [6, 6.07) is 5.85. The number of hydrogen-bond acceptors (Lipinski definition) is 3. The smallest absolute Gasteiger partial charge is 0.232 e. The lowest BCUT2D eigenvalue weighted by atomic mass is 9.53. The first-order valence-electron chi connectivity index (χ1n) is 10.6. The Bertz CT molecular complexity index is 697. The average Bonchev–Trinajstić information content (AvgIpc) is 3.10. The van der Waals surface area contributed by atoms with Crippen LogP contribution < -0.4 is 5.32 Å². The summed E-state index contributed by atoms with van der Waals surface area (Å²) in [5.41, 5.74) is 0.919. The zero-order valence-corrected chi connectivity index (χ0v) is 15.9. The second-order valence-electron chi connectivity index (χ2n) is 9.42. The molecule has 2 heterocycles. The van der Waals surface area contributed by atoms with Crippen molar-refractivity contribution in [2.45, 2.75) is 69.4 Å². The molecule has 4 saturated carbocycles. The molecule has 5 nitrogen and oxygen atoms in total. The van der Waals surface area contributed by atoms with Gasteiger partial charge in [0.25, 0.3) is 0 Å². The van der Waals surface area contributed by atoms with Crippen LogP contribution in [0.5, 0.6) is 0 Å². The Labute approximate surface area is 160 Å². The molecule has 0 radical (unpaired) electrons. The first kappa shape index (κ1) is 17.2. The Morgan fingerprint density at radius 2 is 1.81 bits per heavy atom. The van der Waals surface area contributed by atoms with Crippen molar-refractivity contribution in [1.29, 1.82) is 0 Å². The Kier molecular flexibility index (Phi) is 4.21. The molecule has 5 heteroatoms. The Morgan fingerprint density at radius 1 is 1.11 bits per heavy atom. The number of aromatic nitrogens is 1. The number of likely N-dealkylation sites (tertiary alicyclic amines) is 1. The maximum Gasteiger partial charge on any atom is 0.232 e. The van der Waals surface area contributed by atoms with Gasteiger partial charge in [0.1, 0.15) is 6.42 Å². The van der Waals surface area contributed by atoms with Gasteiger partial charge in [-0.2, -0.15) is 0 Å². The van der Waals surface area contributed by atoms with Gasteiger partial charge in [-0.25, -0.2) is 0 Å². The van der Waals surface area contributed by atoms with Crippen LogP contribution in [-0.2, 0) is 9.59 Å². The highest BCUT2D eigenvalue weighted by atomic mass is 16.2. The summed E-state index contributed by atoms with van der Waals surface area (Å²) in [7, 11) is 0. The van der Waals surface area contributed by atoms with E-state index in [2.05, 4.69) is 10.3 Å². The summed E-state index contributed by atoms with van der Waals surface area (Å²) in [6.07, 6.45) is 11.1. The molecule has 1 aliphatic heterocycles. The second kappa shape index (κ2) is 6.61. The van der Waals surface area contributed by atoms with Gasteiger partial charge in [-0.3, -0.25) is 14.6 Å². The van der Waals surface area contributed by atoms with E-state index in [1.54, 1.807) is 6.20 Å². The summed E-state index contributed by atoms with van der Waals surface area (Å²) >= 11 is 0. The molecule has 4 bridgehead atoms. The predicted molar refractivity (Wildman–Crippen MR) is 102 cm³/mol. The molecule has 1 aromatic rings. The third kappa shape index (κ3) is 3.26. The third-order valence-electron chi connectivity index (χ3n) is 7.36. The van der Waals surface area contributed by atoms with Crippen LogP contribution in [0.15, 0.2) is 24.4 Å². The van der Waals surface area contributed by atoms with Crippen molar-refractivity contribution in [3.63, 3.8) is 0 Å². The number of nitrogens with zero attached hydrogens (tertiary/aromatic N) is 2. The Hall–Kier alpha value is -1.91. The summed E-state index contributed by atoms with van der Waals surface area (Å²) in [6.45, 7) is 0.727. The Balaban J connectivity index is 1.23. The second-order valence-corrected chi connectivity index (χ2v) is 9.42. The quantitative estimate of drug-likeness (QED) is 0.831. The zero-order valence-electron chi connectivity index (χ0n) is 15.9. The lowest BCUT2D eigenvalue weighted by Crippen LogP contribution is -2.60. The molecule has 1 atom stereocenters. The van der Waals surface area contributed by atoms with Crippen LogP contribution in [0.3, 0.4) is 0 Å². The minimum Gasteiger partial charge on any atom is -0.350 e. The van der Waals surface area contributed by atoms with E-state index in [1.165, 1.54) is 19.3 Å². The van der Waals surface area contributed by atoms with Gasteiger partial charge >= 0.3 is 0 Å². The van der Waals surface area contributed by atoms with Gasteiger partial charge in [-0.1, -0.05) is 6.07 Å². The highest BCUT2D eigenvalue weighted by Gasteiger charge is 2.51. The number of carbonyl (C=O) groups is 2. The third-order valence-corrected chi connectivity index (χ3v) is 7.36. The molecule has 144 valence electrons. The van der Waals surface area contributed by atoms with Gasteiger partial charge < -0.3 is 10.2 Å². The number of nitrogens with one attached hydrogen (secondary N) is 1. The molecule has 2 amide bonds. The van der Waals surface area contributed by atoms with Gasteiger partial charge in [0.05, 0.1) is 11.7 Å². The molecule has 1 saturated heterocycles. The van der Waals surface area contributed by atoms with Crippen molar-refractivity contribution >= 4 is 11.8 Å². The fourth-order valence-electron chi connectivity index (χ4n) is 6.79. The molecule has 1 N–H and O–H groups in total. The lowest BCUT2D eigenvalue weighted by molar-refractivity contribution is -0.138. The van der Waals surface area contributed by atoms with E-state index in [-0.39, 0.29) is 29.8 Å². The molecule has 1 aromatic heterocycles. The van der Waals surface area contributed by atoms with Gasteiger partial charge in [0.15, 0.2) is 0 Å². The normalized spacial score (nSPS) is 36.8. The SMILES string of the molecule is O=C(CC(=O)N1CCCC1c1ccccn1)NC12CC3CC(CC(C3)C1)C2. The fraction of sp³-hybridized carbons (Fsp3) is 0.682. The minimum atomic E-state index is -0.0754. The molecular weight excluding hydrogens is 338 g/mol. The van der Waals surface area contributed by atoms with E-state index in [0.29, 0.717) is 0 Å². The number of hydrogen-bond donors (Lipinski definition) is 1. The predicted octanol–water partition coefficient (Wildman–Crippen LogP) is 3.22. The van der Waals surface area contributed by atoms with Crippen LogP contribution >= 0.6 is 0 Å². The van der Waals surface area contributed by atoms with Gasteiger partial charge in [-0.05, 0) is 81.3 Å². The van der Waals surface area contributed by atoms with Crippen molar-refractivity contribution in [2.75, 3.05) is 6.54 Å². The molecule has 27 heavy (non-hydrogen) atoms. The van der Waals surface area contributed by atoms with E-state index >= 15 is 0 Å². The molecular formula is C22H29N3O2.